The van der Waals surface area contributed by atoms with Crippen LogP contribution in [0.1, 0.15) is 32.1 Å². The molecule has 0 bridgehead atoms. The Labute approximate surface area is 116 Å². The Hall–Kier alpha value is -0.870. The highest BCUT2D eigenvalue weighted by Gasteiger charge is 2.20. The molecule has 1 atom stereocenters. The van der Waals surface area contributed by atoms with Crippen LogP contribution in [0.25, 0.3) is 0 Å². The molecule has 0 aromatic rings. The van der Waals surface area contributed by atoms with E-state index in [9.17, 15) is 4.79 Å². The number of amides is 1. The van der Waals surface area contributed by atoms with Crippen molar-refractivity contribution >= 4 is 5.91 Å². The summed E-state index contributed by atoms with van der Waals surface area (Å²) in [5.74, 6) is 0.918. The van der Waals surface area contributed by atoms with Crippen LogP contribution in [0.2, 0.25) is 0 Å². The minimum atomic E-state index is 0.222. The Balaban J connectivity index is 1.74. The Bertz CT molecular complexity index is 334. The fraction of sp³-hybridized carbons (Fsp3) is 0.800. The summed E-state index contributed by atoms with van der Waals surface area (Å²) in [4.78, 5) is 16.2. The molecule has 4 nitrogen and oxygen atoms in total. The monoisotopic (exact) mass is 265 g/mol. The number of rotatable bonds is 5. The molecule has 4 heteroatoms. The Morgan fingerprint density at radius 2 is 2.26 bits per heavy atom. The van der Waals surface area contributed by atoms with Crippen molar-refractivity contribution in [3.8, 4) is 0 Å². The summed E-state index contributed by atoms with van der Waals surface area (Å²) in [5.41, 5.74) is 1.21. The van der Waals surface area contributed by atoms with Gasteiger partial charge >= 0.3 is 0 Å². The van der Waals surface area contributed by atoms with Crippen LogP contribution in [-0.4, -0.2) is 56.0 Å². The molecule has 19 heavy (non-hydrogen) atoms. The number of nitrogens with one attached hydrogen (secondary N) is 1. The average Bonchev–Trinajstić information content (AvgIpc) is 2.92. The summed E-state index contributed by atoms with van der Waals surface area (Å²) in [6, 6.07) is 0. The molecule has 0 aromatic heterocycles. The lowest BCUT2D eigenvalue weighted by Gasteiger charge is -2.28. The molecular weight excluding hydrogens is 238 g/mol. The molecule has 0 radical (unpaired) electrons. The normalized spacial score (nSPS) is 23.5. The summed E-state index contributed by atoms with van der Waals surface area (Å²) in [5, 5.41) is 3.43. The van der Waals surface area contributed by atoms with E-state index in [0.29, 0.717) is 12.5 Å². The molecule has 1 unspecified atom stereocenters. The van der Waals surface area contributed by atoms with Crippen LogP contribution in [0.3, 0.4) is 0 Å². The van der Waals surface area contributed by atoms with Gasteiger partial charge in [-0.05, 0) is 58.2 Å². The van der Waals surface area contributed by atoms with Gasteiger partial charge in [0, 0.05) is 19.3 Å². The first kappa shape index (κ1) is 14.5. The molecule has 1 fully saturated rings. The quantitative estimate of drug-likeness (QED) is 0.817. The molecule has 2 aliphatic rings. The molecule has 1 N–H and O–H groups in total. The lowest BCUT2D eigenvalue weighted by atomic mass is 9.99. The van der Waals surface area contributed by atoms with Crippen LogP contribution in [0.5, 0.6) is 0 Å². The molecule has 1 aliphatic heterocycles. The largest absolute Gasteiger partial charge is 0.318 e. The zero-order valence-electron chi connectivity index (χ0n) is 12.3. The minimum Gasteiger partial charge on any atom is -0.318 e. The summed E-state index contributed by atoms with van der Waals surface area (Å²) in [6.07, 6.45) is 8.11. The van der Waals surface area contributed by atoms with E-state index in [1.165, 1.54) is 25.0 Å². The van der Waals surface area contributed by atoms with Crippen molar-refractivity contribution in [3.05, 3.63) is 11.8 Å². The third-order valence-corrected chi connectivity index (χ3v) is 4.20. The van der Waals surface area contributed by atoms with Crippen LogP contribution in [0.15, 0.2) is 11.8 Å². The first-order valence-electron chi connectivity index (χ1n) is 7.51. The van der Waals surface area contributed by atoms with E-state index in [4.69, 9.17) is 0 Å². The van der Waals surface area contributed by atoms with Crippen LogP contribution in [0, 0.1) is 5.92 Å². The summed E-state index contributed by atoms with van der Waals surface area (Å²) < 4.78 is 0. The third kappa shape index (κ3) is 4.32. The second-order valence-electron chi connectivity index (χ2n) is 5.95. The number of allylic oxidation sites excluding steroid dienone is 2. The van der Waals surface area contributed by atoms with Gasteiger partial charge in [0.1, 0.15) is 0 Å². The van der Waals surface area contributed by atoms with Crippen LogP contribution in [0.4, 0.5) is 0 Å². The maximum atomic E-state index is 12.2. The molecule has 108 valence electrons. The fourth-order valence-electron chi connectivity index (χ4n) is 3.04. The SMILES string of the molecule is CN(CC(=O)N(C)C1=CCCC1)CC1CCCNC1. The number of piperidine rings is 1. The predicted molar refractivity (Wildman–Crippen MR) is 77.8 cm³/mol. The van der Waals surface area contributed by atoms with Crippen LogP contribution in [-0.2, 0) is 4.79 Å². The molecule has 0 spiro atoms. The van der Waals surface area contributed by atoms with Gasteiger partial charge in [-0.15, -0.1) is 0 Å². The number of carbonyl (C=O) groups excluding carboxylic acids is 1. The first-order valence-corrected chi connectivity index (χ1v) is 7.51. The van der Waals surface area contributed by atoms with Gasteiger partial charge in [-0.2, -0.15) is 0 Å². The molecule has 0 saturated carbocycles. The van der Waals surface area contributed by atoms with E-state index < -0.39 is 0 Å². The third-order valence-electron chi connectivity index (χ3n) is 4.20. The molecule has 0 aromatic carbocycles. The van der Waals surface area contributed by atoms with Crippen molar-refractivity contribution in [1.82, 2.24) is 15.1 Å². The molecule has 1 saturated heterocycles. The van der Waals surface area contributed by atoms with Gasteiger partial charge in [0.25, 0.3) is 0 Å². The molecule has 1 heterocycles. The topological polar surface area (TPSA) is 35.6 Å². The summed E-state index contributed by atoms with van der Waals surface area (Å²) >= 11 is 0. The number of hydrogen-bond acceptors (Lipinski definition) is 3. The smallest absolute Gasteiger partial charge is 0.240 e. The maximum absolute atomic E-state index is 12.2. The average molecular weight is 265 g/mol. The lowest BCUT2D eigenvalue weighted by Crippen LogP contribution is -2.41. The van der Waals surface area contributed by atoms with Crippen molar-refractivity contribution in [2.45, 2.75) is 32.1 Å². The summed E-state index contributed by atoms with van der Waals surface area (Å²) in [7, 11) is 3.97. The number of hydrogen-bond donors (Lipinski definition) is 1. The van der Waals surface area contributed by atoms with Gasteiger partial charge < -0.3 is 10.2 Å². The van der Waals surface area contributed by atoms with E-state index in [-0.39, 0.29) is 5.91 Å². The highest BCUT2D eigenvalue weighted by molar-refractivity contribution is 5.79. The standard InChI is InChI=1S/C15H27N3O/c1-17(11-13-6-5-9-16-10-13)12-15(19)18(2)14-7-3-4-8-14/h7,13,16H,3-6,8-12H2,1-2H3. The Kier molecular flexibility index (Phi) is 5.40. The lowest BCUT2D eigenvalue weighted by molar-refractivity contribution is -0.129. The van der Waals surface area contributed by atoms with Crippen molar-refractivity contribution in [3.63, 3.8) is 0 Å². The van der Waals surface area contributed by atoms with Gasteiger partial charge in [-0.1, -0.05) is 6.08 Å². The Morgan fingerprint density at radius 3 is 2.89 bits per heavy atom. The fourth-order valence-corrected chi connectivity index (χ4v) is 3.04. The van der Waals surface area contributed by atoms with Crippen LogP contribution < -0.4 is 5.32 Å². The zero-order valence-corrected chi connectivity index (χ0v) is 12.3. The van der Waals surface area contributed by atoms with E-state index in [1.54, 1.807) is 0 Å². The van der Waals surface area contributed by atoms with Crippen molar-refractivity contribution < 1.29 is 4.79 Å². The van der Waals surface area contributed by atoms with Gasteiger partial charge in [0.15, 0.2) is 0 Å². The van der Waals surface area contributed by atoms with Gasteiger partial charge in [0.2, 0.25) is 5.91 Å². The maximum Gasteiger partial charge on any atom is 0.240 e. The minimum absolute atomic E-state index is 0.222. The van der Waals surface area contributed by atoms with Crippen molar-refractivity contribution in [1.29, 1.82) is 0 Å². The first-order chi connectivity index (χ1) is 9.16. The van der Waals surface area contributed by atoms with Crippen molar-refractivity contribution in [2.24, 2.45) is 5.92 Å². The van der Waals surface area contributed by atoms with Gasteiger partial charge in [-0.25, -0.2) is 0 Å². The Morgan fingerprint density at radius 1 is 1.42 bits per heavy atom. The van der Waals surface area contributed by atoms with E-state index in [2.05, 4.69) is 23.3 Å². The zero-order chi connectivity index (χ0) is 13.7. The molecule has 1 aliphatic carbocycles. The van der Waals surface area contributed by atoms with Gasteiger partial charge in [0.05, 0.1) is 6.54 Å². The predicted octanol–water partition coefficient (Wildman–Crippen LogP) is 1.44. The molecule has 2 rings (SSSR count). The highest BCUT2D eigenvalue weighted by Crippen LogP contribution is 2.20. The van der Waals surface area contributed by atoms with Gasteiger partial charge in [-0.3, -0.25) is 9.69 Å². The van der Waals surface area contributed by atoms with Crippen LogP contribution >= 0.6 is 0 Å². The second-order valence-corrected chi connectivity index (χ2v) is 5.95. The van der Waals surface area contributed by atoms with E-state index in [0.717, 1.165) is 32.5 Å². The molecule has 1 amide bonds. The number of carbonyl (C=O) groups is 1. The summed E-state index contributed by atoms with van der Waals surface area (Å²) in [6.45, 7) is 3.80. The molecular formula is C15H27N3O. The van der Waals surface area contributed by atoms with E-state index in [1.807, 2.05) is 11.9 Å². The van der Waals surface area contributed by atoms with Crippen molar-refractivity contribution in [2.75, 3.05) is 40.3 Å². The highest BCUT2D eigenvalue weighted by atomic mass is 16.2. The second kappa shape index (κ2) is 7.06. The number of nitrogens with zero attached hydrogens (tertiary/aromatic N) is 2. The van der Waals surface area contributed by atoms with E-state index >= 15 is 0 Å². The number of likely N-dealkylation sites (N-methyl/N-ethyl adjacent to an activating group) is 2.